The molecule has 0 aliphatic rings. The van der Waals surface area contributed by atoms with Crippen molar-refractivity contribution >= 4 is 19.7 Å². The van der Waals surface area contributed by atoms with Crippen LogP contribution in [0.25, 0.3) is 0 Å². The van der Waals surface area contributed by atoms with Crippen molar-refractivity contribution in [3.8, 4) is 0 Å². The van der Waals surface area contributed by atoms with E-state index in [1.54, 1.807) is 0 Å². The maximum absolute atomic E-state index is 10.3. The molecule has 14 heteroatoms. The molecule has 0 saturated carbocycles. The van der Waals surface area contributed by atoms with E-state index in [4.69, 9.17) is 20.6 Å². The van der Waals surface area contributed by atoms with E-state index in [1.807, 2.05) is 0 Å². The topological polar surface area (TPSA) is 262 Å². The van der Waals surface area contributed by atoms with E-state index < -0.39 is 26.2 Å². The van der Waals surface area contributed by atoms with Crippen LogP contribution in [0.2, 0.25) is 0 Å². The smallest absolute Gasteiger partial charge is 1.00 e. The number of likely N-dealkylation sites (N-methyl/N-ethyl adjacent to an activating group) is 1. The third-order valence-electron chi connectivity index (χ3n) is 0.996. The zero-order chi connectivity index (χ0) is 10.6. The molecule has 0 aromatic heterocycles. The van der Waals surface area contributed by atoms with Gasteiger partial charge in [-0.1, -0.05) is 0 Å². The van der Waals surface area contributed by atoms with Crippen LogP contribution in [-0.2, 0) is 9.36 Å². The van der Waals surface area contributed by atoms with Gasteiger partial charge in [-0.3, -0.25) is 4.79 Å². The number of hydrogen-bond acceptors (Lipinski definition) is 2. The van der Waals surface area contributed by atoms with E-state index in [0.29, 0.717) is 0 Å². The molecule has 0 atom stereocenters. The summed E-state index contributed by atoms with van der Waals surface area (Å²) in [5.74, 6) is -1.69. The Bertz CT molecular complexity index is 287. The molecule has 0 saturated heterocycles. The van der Waals surface area contributed by atoms with Gasteiger partial charge in [-0.05, 0) is 0 Å². The zero-order valence-electron chi connectivity index (χ0n) is 10.8. The van der Waals surface area contributed by atoms with E-state index in [1.165, 1.54) is 7.05 Å². The zero-order valence-corrected chi connectivity index (χ0v) is 12.7. The van der Waals surface area contributed by atoms with Gasteiger partial charge in [0.05, 0.1) is 0 Å². The summed E-state index contributed by atoms with van der Waals surface area (Å²) in [4.78, 5) is 27.7. The number of aliphatic carboxylic acids is 1. The molecule has 12 nitrogen and oxygen atoms in total. The van der Waals surface area contributed by atoms with Crippen LogP contribution in [0.3, 0.4) is 0 Å². The maximum atomic E-state index is 10.3. The second kappa shape index (κ2) is 14.8. The first-order valence-corrected chi connectivity index (χ1v) is 4.63. The largest absolute Gasteiger partial charge is 1.00 e. The van der Waals surface area contributed by atoms with Crippen molar-refractivity contribution in [2.45, 2.75) is 0 Å². The molecule has 0 heterocycles. The molecule has 0 unspecified atom stereocenters. The molecule has 0 fully saturated rings. The minimum Gasteiger partial charge on any atom is -1.00 e. The van der Waals surface area contributed by atoms with Crippen LogP contribution >= 0.6 is 7.75 Å². The Kier molecular flexibility index (Phi) is 29.6. The van der Waals surface area contributed by atoms with Crippen LogP contribution in [0, 0.1) is 0 Å². The van der Waals surface area contributed by atoms with Gasteiger partial charge >= 0.3 is 43.3 Å². The third kappa shape index (κ3) is 21.1. The normalized spacial score (nSPS) is 9.17. The van der Waals surface area contributed by atoms with Gasteiger partial charge in [-0.2, -0.15) is 0 Å². The van der Waals surface area contributed by atoms with E-state index in [2.05, 4.69) is 4.76 Å². The number of hydrogen-bond donors (Lipinski definition) is 4. The molecule has 110 valence electrons. The van der Waals surface area contributed by atoms with Crippen molar-refractivity contribution < 1.29 is 77.1 Å². The predicted octanol–water partition coefficient (Wildman–Crippen LogP) is -7.77. The fourth-order valence-electron chi connectivity index (χ4n) is 0.494. The van der Waals surface area contributed by atoms with Crippen LogP contribution < -0.4 is 35.3 Å². The van der Waals surface area contributed by atoms with Gasteiger partial charge in [0.25, 0.3) is 0 Å². The predicted molar refractivity (Wildman–Crippen MR) is 59.5 cm³/mol. The Labute approximate surface area is 126 Å². The molecule has 0 spiro atoms. The van der Waals surface area contributed by atoms with Gasteiger partial charge in [-0.25, -0.2) is 4.57 Å². The molecule has 0 aliphatic carbocycles. The first-order valence-electron chi connectivity index (χ1n) is 3.06. The Hall–Kier alpha value is -0.270. The van der Waals surface area contributed by atoms with Crippen LogP contribution in [0.4, 0.5) is 0 Å². The second-order valence-corrected chi connectivity index (χ2v) is 3.45. The van der Waals surface area contributed by atoms with Gasteiger partial charge in [-0.15, -0.1) is 4.76 Å². The molecular weight excluding hydrogens is 288 g/mol. The van der Waals surface area contributed by atoms with Crippen molar-refractivity contribution in [2.75, 3.05) is 13.6 Å². The molecule has 0 bridgehead atoms. The number of carboxylic acids is 1. The second-order valence-electron chi connectivity index (χ2n) is 2.22. The number of nitrogens with zero attached hydrogens (tertiary/aromatic N) is 2. The molecule has 0 amide bonds. The number of carboxylic acid groups (broad SMARTS) is 1. The molecule has 0 aromatic rings. The van der Waals surface area contributed by atoms with E-state index >= 15 is 0 Å². The van der Waals surface area contributed by atoms with Crippen LogP contribution in [0.1, 0.15) is 1.43 Å². The number of rotatable bonds is 3. The molecule has 18 heavy (non-hydrogen) atoms. The van der Waals surface area contributed by atoms with Gasteiger partial charge in [0, 0.05) is 7.05 Å². The summed E-state index contributed by atoms with van der Waals surface area (Å²) in [5.41, 5.74) is 5.07. The van der Waals surface area contributed by atoms with Crippen molar-refractivity contribution in [1.82, 2.24) is 4.90 Å². The summed E-state index contributed by atoms with van der Waals surface area (Å²) in [7, 11) is -3.34. The number of carbonyl (C=O) groups is 1. The quantitative estimate of drug-likeness (QED) is 0.169. The first-order chi connectivity index (χ1) is 5.72. The first kappa shape index (κ1) is 36.1. The summed E-state index contributed by atoms with van der Waals surface area (Å²) in [6, 6.07) is 0. The Morgan fingerprint density at radius 3 is 1.89 bits per heavy atom. The summed E-state index contributed by atoms with van der Waals surface area (Å²) < 4.78 is 13.1. The Morgan fingerprint density at radius 1 is 1.33 bits per heavy atom. The van der Waals surface area contributed by atoms with Crippen molar-refractivity contribution in [1.29, 1.82) is 0 Å². The van der Waals surface area contributed by atoms with Crippen LogP contribution in [-0.4, -0.2) is 67.2 Å². The maximum Gasteiger partial charge on any atom is 1.00 e. The van der Waals surface area contributed by atoms with Crippen molar-refractivity contribution in [3.05, 3.63) is 0 Å². The van der Waals surface area contributed by atoms with E-state index in [9.17, 15) is 9.36 Å². The Morgan fingerprint density at radius 2 is 1.67 bits per heavy atom. The summed E-state index contributed by atoms with van der Waals surface area (Å²) in [5, 5.41) is 8.28. The molecular formula is C4H19N3NaO9P. The minimum absolute atomic E-state index is 0. The average molecular weight is 307 g/mol. The molecule has 0 aromatic carbocycles. The minimum atomic E-state index is -4.59. The monoisotopic (exact) mass is 307 g/mol. The molecule has 0 radical (unpaired) electrons. The van der Waals surface area contributed by atoms with Crippen LogP contribution in [0.15, 0.2) is 4.76 Å². The van der Waals surface area contributed by atoms with Gasteiger partial charge in [0.1, 0.15) is 6.54 Å². The standard InChI is InChI=1S/C4H10N3O5P.Na.4H2O.H/c1-7(2-3(8)9)4(5)6-13(10,11)12;;;;;;/h2H2,1H3,(H,8,9)(H4,5,6,10,11,12);;4*1H2;/q;+1;;;;;-1. The summed E-state index contributed by atoms with van der Waals surface area (Å²) in [6.07, 6.45) is 0. The number of nitrogens with two attached hydrogens (primary N) is 1. The van der Waals surface area contributed by atoms with Crippen molar-refractivity contribution in [2.24, 2.45) is 10.5 Å². The van der Waals surface area contributed by atoms with Gasteiger partial charge in [0.15, 0.2) is 0 Å². The third-order valence-corrected chi connectivity index (χ3v) is 1.46. The Balaban J connectivity index is -0.0000000480. The average Bonchev–Trinajstić information content (AvgIpc) is 1.81. The SMILES string of the molecule is CN(CC(=O)O)C(N)=NP(=O)(O)O.O.O.O.O.[H-].[Na+]. The fraction of sp³-hybridized carbons (Fsp3) is 0.500. The molecule has 13 N–H and O–H groups in total. The van der Waals surface area contributed by atoms with E-state index in [0.717, 1.165) is 4.90 Å². The van der Waals surface area contributed by atoms with Gasteiger partial charge in [0.2, 0.25) is 5.96 Å². The van der Waals surface area contributed by atoms with Crippen LogP contribution in [0.5, 0.6) is 0 Å². The van der Waals surface area contributed by atoms with E-state index in [-0.39, 0.29) is 52.9 Å². The fourth-order valence-corrected chi connectivity index (χ4v) is 0.913. The molecule has 0 aliphatic heterocycles. The van der Waals surface area contributed by atoms with Gasteiger partial charge < -0.3 is 48.9 Å². The molecule has 0 rings (SSSR count). The van der Waals surface area contributed by atoms with Crippen molar-refractivity contribution in [3.63, 3.8) is 0 Å². The number of guanidine groups is 1. The summed E-state index contributed by atoms with van der Waals surface area (Å²) >= 11 is 0. The summed E-state index contributed by atoms with van der Waals surface area (Å²) in [6.45, 7) is -0.477.